The topological polar surface area (TPSA) is 82.2 Å². The molecule has 0 spiro atoms. The van der Waals surface area contributed by atoms with Gasteiger partial charge in [-0.2, -0.15) is 0 Å². The van der Waals surface area contributed by atoms with E-state index in [0.29, 0.717) is 23.2 Å². The Bertz CT molecular complexity index is 959. The van der Waals surface area contributed by atoms with Crippen molar-refractivity contribution in [2.24, 2.45) is 0 Å². The molecule has 0 atom stereocenters. The first-order valence-electron chi connectivity index (χ1n) is 9.30. The summed E-state index contributed by atoms with van der Waals surface area (Å²) in [5, 5.41) is 11.9. The first kappa shape index (κ1) is 17.5. The number of amides is 1. The van der Waals surface area contributed by atoms with Crippen LogP contribution in [0.5, 0.6) is 0 Å². The van der Waals surface area contributed by atoms with Crippen LogP contribution in [0.1, 0.15) is 53.8 Å². The molecule has 6 heteroatoms. The van der Waals surface area contributed by atoms with Crippen LogP contribution in [0.25, 0.3) is 11.6 Å². The molecule has 1 aliphatic carbocycles. The number of carbonyl (C=O) groups excluding carboxylic acids is 1. The summed E-state index contributed by atoms with van der Waals surface area (Å²) in [4.78, 5) is 26.9. The SMILES string of the molecule is O=C(O)CCc1c(C=C2C(=O)Nc3ccc(F)cc32)[nH]c2c1CCCCC2. The molecule has 0 bridgehead atoms. The van der Waals surface area contributed by atoms with Crippen molar-refractivity contribution in [1.82, 2.24) is 4.98 Å². The Labute approximate surface area is 156 Å². The van der Waals surface area contributed by atoms with Gasteiger partial charge >= 0.3 is 5.97 Å². The molecule has 2 aliphatic rings. The first-order valence-corrected chi connectivity index (χ1v) is 9.30. The van der Waals surface area contributed by atoms with Gasteiger partial charge in [-0.1, -0.05) is 6.42 Å². The van der Waals surface area contributed by atoms with Crippen LogP contribution >= 0.6 is 0 Å². The van der Waals surface area contributed by atoms with Crippen molar-refractivity contribution in [3.8, 4) is 0 Å². The number of carboxylic acid groups (broad SMARTS) is 1. The van der Waals surface area contributed by atoms with E-state index in [1.807, 2.05) is 0 Å². The summed E-state index contributed by atoms with van der Waals surface area (Å²) in [6.07, 6.45) is 7.37. The molecule has 1 aromatic heterocycles. The number of carbonyl (C=O) groups is 2. The molecule has 0 unspecified atom stereocenters. The molecule has 2 aromatic rings. The van der Waals surface area contributed by atoms with Gasteiger partial charge in [-0.3, -0.25) is 9.59 Å². The van der Waals surface area contributed by atoms with Crippen LogP contribution in [0.2, 0.25) is 0 Å². The molecule has 1 amide bonds. The van der Waals surface area contributed by atoms with Crippen LogP contribution in [0.3, 0.4) is 0 Å². The molecule has 4 rings (SSSR count). The van der Waals surface area contributed by atoms with Crippen LogP contribution in [0.4, 0.5) is 10.1 Å². The van der Waals surface area contributed by atoms with E-state index in [1.165, 1.54) is 17.7 Å². The average Bonchev–Trinajstić information content (AvgIpc) is 2.99. The highest BCUT2D eigenvalue weighted by atomic mass is 19.1. The Balaban J connectivity index is 1.80. The number of anilines is 1. The van der Waals surface area contributed by atoms with E-state index in [9.17, 15) is 14.0 Å². The van der Waals surface area contributed by atoms with E-state index >= 15 is 0 Å². The van der Waals surface area contributed by atoms with Gasteiger partial charge in [0.25, 0.3) is 5.91 Å². The minimum absolute atomic E-state index is 0.0396. The smallest absolute Gasteiger partial charge is 0.303 e. The Morgan fingerprint density at radius 1 is 1.22 bits per heavy atom. The van der Waals surface area contributed by atoms with E-state index in [0.717, 1.165) is 49.1 Å². The van der Waals surface area contributed by atoms with Crippen molar-refractivity contribution in [3.63, 3.8) is 0 Å². The molecule has 0 saturated carbocycles. The molecular weight excluding hydrogens is 347 g/mol. The number of hydrogen-bond donors (Lipinski definition) is 3. The van der Waals surface area contributed by atoms with Gasteiger partial charge in [-0.05, 0) is 67.5 Å². The summed E-state index contributed by atoms with van der Waals surface area (Å²) in [6, 6.07) is 4.22. The summed E-state index contributed by atoms with van der Waals surface area (Å²) >= 11 is 0. The second kappa shape index (κ2) is 7.02. The van der Waals surface area contributed by atoms with Crippen molar-refractivity contribution < 1.29 is 19.1 Å². The molecule has 0 fully saturated rings. The van der Waals surface area contributed by atoms with Gasteiger partial charge in [0.2, 0.25) is 0 Å². The Kier molecular flexibility index (Phi) is 4.56. The van der Waals surface area contributed by atoms with Crippen LogP contribution in [0, 0.1) is 5.82 Å². The standard InChI is InChI=1S/C21H21FN2O3/c22-12-6-8-18-15(10-12)16(21(27)24-18)11-19-14(7-9-20(25)26)13-4-2-1-3-5-17(13)23-19/h6,8,10-11,23H,1-5,7,9H2,(H,24,27)(H,25,26). The lowest BCUT2D eigenvalue weighted by molar-refractivity contribution is -0.137. The summed E-state index contributed by atoms with van der Waals surface area (Å²) < 4.78 is 13.7. The number of H-pyrrole nitrogens is 1. The lowest BCUT2D eigenvalue weighted by atomic mass is 9.98. The lowest BCUT2D eigenvalue weighted by Crippen LogP contribution is -2.04. The number of aliphatic carboxylic acids is 1. The third-order valence-corrected chi connectivity index (χ3v) is 5.33. The summed E-state index contributed by atoms with van der Waals surface area (Å²) in [6.45, 7) is 0. The Morgan fingerprint density at radius 2 is 2.04 bits per heavy atom. The minimum atomic E-state index is -0.844. The van der Waals surface area contributed by atoms with Crippen molar-refractivity contribution in [2.75, 3.05) is 5.32 Å². The summed E-state index contributed by atoms with van der Waals surface area (Å²) in [7, 11) is 0. The molecule has 27 heavy (non-hydrogen) atoms. The highest BCUT2D eigenvalue weighted by Gasteiger charge is 2.26. The normalized spacial score (nSPS) is 17.4. The second-order valence-corrected chi connectivity index (χ2v) is 7.13. The fourth-order valence-electron chi connectivity index (χ4n) is 4.04. The van der Waals surface area contributed by atoms with E-state index in [1.54, 1.807) is 12.1 Å². The number of benzene rings is 1. The van der Waals surface area contributed by atoms with Crippen molar-refractivity contribution in [2.45, 2.75) is 44.9 Å². The summed E-state index contributed by atoms with van der Waals surface area (Å²) in [5.41, 5.74) is 5.60. The number of hydrogen-bond acceptors (Lipinski definition) is 2. The van der Waals surface area contributed by atoms with Gasteiger partial charge in [-0.15, -0.1) is 0 Å². The number of carboxylic acids is 1. The predicted molar refractivity (Wildman–Crippen MR) is 101 cm³/mol. The number of halogens is 1. The highest BCUT2D eigenvalue weighted by Crippen LogP contribution is 2.35. The third kappa shape index (κ3) is 3.39. The molecule has 1 aliphatic heterocycles. The van der Waals surface area contributed by atoms with Crippen LogP contribution in [-0.2, 0) is 28.9 Å². The molecule has 2 heterocycles. The maximum absolute atomic E-state index is 13.7. The molecular formula is C21H21FN2O3. The molecule has 0 radical (unpaired) electrons. The number of aromatic nitrogens is 1. The van der Waals surface area contributed by atoms with Gasteiger partial charge in [0.1, 0.15) is 5.82 Å². The van der Waals surface area contributed by atoms with Crippen LogP contribution < -0.4 is 5.32 Å². The highest BCUT2D eigenvalue weighted by molar-refractivity contribution is 6.34. The van der Waals surface area contributed by atoms with Gasteiger partial charge < -0.3 is 15.4 Å². The average molecular weight is 368 g/mol. The lowest BCUT2D eigenvalue weighted by Gasteiger charge is -2.05. The number of aromatic amines is 1. The fraction of sp³-hybridized carbons (Fsp3) is 0.333. The van der Waals surface area contributed by atoms with Gasteiger partial charge in [0.05, 0.1) is 5.57 Å². The largest absolute Gasteiger partial charge is 0.481 e. The zero-order valence-corrected chi connectivity index (χ0v) is 14.9. The maximum atomic E-state index is 13.7. The quantitative estimate of drug-likeness (QED) is 0.565. The zero-order chi connectivity index (χ0) is 19.0. The molecule has 0 saturated heterocycles. The van der Waals surface area contributed by atoms with E-state index in [4.69, 9.17) is 5.11 Å². The zero-order valence-electron chi connectivity index (χ0n) is 14.9. The monoisotopic (exact) mass is 368 g/mol. The third-order valence-electron chi connectivity index (χ3n) is 5.33. The predicted octanol–water partition coefficient (Wildman–Crippen LogP) is 3.93. The number of rotatable bonds is 4. The van der Waals surface area contributed by atoms with Crippen LogP contribution in [-0.4, -0.2) is 22.0 Å². The van der Waals surface area contributed by atoms with Crippen molar-refractivity contribution >= 4 is 29.2 Å². The second-order valence-electron chi connectivity index (χ2n) is 7.13. The minimum Gasteiger partial charge on any atom is -0.481 e. The van der Waals surface area contributed by atoms with Crippen molar-refractivity contribution in [1.29, 1.82) is 0 Å². The maximum Gasteiger partial charge on any atom is 0.303 e. The Morgan fingerprint density at radius 3 is 2.85 bits per heavy atom. The van der Waals surface area contributed by atoms with E-state index in [-0.39, 0.29) is 12.3 Å². The first-order chi connectivity index (χ1) is 13.0. The van der Waals surface area contributed by atoms with Gasteiger partial charge in [-0.25, -0.2) is 4.39 Å². The van der Waals surface area contributed by atoms with Gasteiger partial charge in [0.15, 0.2) is 0 Å². The van der Waals surface area contributed by atoms with E-state index < -0.39 is 11.8 Å². The number of aryl methyl sites for hydroxylation is 1. The molecule has 3 N–H and O–H groups in total. The fourth-order valence-corrected chi connectivity index (χ4v) is 4.04. The number of fused-ring (bicyclic) bond motifs is 2. The molecule has 140 valence electrons. The molecule has 1 aromatic carbocycles. The summed E-state index contributed by atoms with van der Waals surface area (Å²) in [5.74, 6) is -1.52. The van der Waals surface area contributed by atoms with Crippen LogP contribution in [0.15, 0.2) is 18.2 Å². The van der Waals surface area contributed by atoms with Crippen molar-refractivity contribution in [3.05, 3.63) is 52.1 Å². The number of nitrogens with one attached hydrogen (secondary N) is 2. The Hall–Kier alpha value is -2.89. The van der Waals surface area contributed by atoms with E-state index in [2.05, 4.69) is 10.3 Å². The van der Waals surface area contributed by atoms with Gasteiger partial charge in [0, 0.05) is 29.1 Å². The molecule has 5 nitrogen and oxygen atoms in total.